The van der Waals surface area contributed by atoms with Gasteiger partial charge in [-0.15, -0.1) is 0 Å². The number of rotatable bonds is 2. The van der Waals surface area contributed by atoms with Crippen LogP contribution >= 0.6 is 20.2 Å². The van der Waals surface area contributed by atoms with Crippen LogP contribution in [0.15, 0.2) is 54.4 Å². The summed E-state index contributed by atoms with van der Waals surface area (Å²) in [6, 6.07) is 7.72. The zero-order valence-corrected chi connectivity index (χ0v) is 15.0. The third-order valence-corrected chi connectivity index (χ3v) is 6.25. The summed E-state index contributed by atoms with van der Waals surface area (Å²) in [6.45, 7) is 3.95. The van der Waals surface area contributed by atoms with Gasteiger partial charge in [-0.25, -0.2) is 0 Å². The van der Waals surface area contributed by atoms with Gasteiger partial charge in [0.05, 0.1) is 11.5 Å². The summed E-state index contributed by atoms with van der Waals surface area (Å²) < 4.78 is 0. The molecule has 3 heterocycles. The smallest absolute Gasteiger partial charge is 0.252 e. The summed E-state index contributed by atoms with van der Waals surface area (Å²) >= 11 is 5.96. The fraction of sp³-hybridized carbons (Fsp3) is 0.278. The van der Waals surface area contributed by atoms with E-state index in [2.05, 4.69) is 22.4 Å². The maximum absolute atomic E-state index is 12.6. The summed E-state index contributed by atoms with van der Waals surface area (Å²) in [7, 11) is 0.542. The van der Waals surface area contributed by atoms with Crippen molar-refractivity contribution in [1.82, 2.24) is 15.1 Å². The number of hydrogen-bond acceptors (Lipinski definition) is 3. The van der Waals surface area contributed by atoms with Gasteiger partial charge >= 0.3 is 0 Å². The number of amides is 1. The molecule has 24 heavy (non-hydrogen) atoms. The molecule has 1 aromatic carbocycles. The molecule has 1 N–H and O–H groups in total. The van der Waals surface area contributed by atoms with Crippen molar-refractivity contribution in [3.8, 4) is 0 Å². The van der Waals surface area contributed by atoms with Gasteiger partial charge in [0.25, 0.3) is 5.91 Å². The summed E-state index contributed by atoms with van der Waals surface area (Å²) in [5, 5.41) is 5.17. The van der Waals surface area contributed by atoms with E-state index in [1.165, 1.54) is 0 Å². The van der Waals surface area contributed by atoms with E-state index in [4.69, 9.17) is 11.6 Å². The van der Waals surface area contributed by atoms with Crippen LogP contribution in [0.1, 0.15) is 5.56 Å². The Balaban J connectivity index is 1.57. The lowest BCUT2D eigenvalue weighted by Crippen LogP contribution is -2.44. The Kier molecular flexibility index (Phi) is 4.45. The highest BCUT2D eigenvalue weighted by Gasteiger charge is 2.29. The van der Waals surface area contributed by atoms with E-state index in [0.717, 1.165) is 42.8 Å². The number of nitrogens with zero attached hydrogens (tertiary/aromatic N) is 2. The van der Waals surface area contributed by atoms with E-state index in [-0.39, 0.29) is 11.7 Å². The number of fused-ring (bicyclic) bond motifs is 1. The molecule has 124 valence electrons. The van der Waals surface area contributed by atoms with Gasteiger partial charge in [0.2, 0.25) is 0 Å². The van der Waals surface area contributed by atoms with Crippen LogP contribution in [0.25, 0.3) is 5.31 Å². The molecule has 3 aliphatic heterocycles. The van der Waals surface area contributed by atoms with Crippen LogP contribution < -0.4 is 5.32 Å². The molecule has 0 aromatic heterocycles. The maximum Gasteiger partial charge on any atom is 0.252 e. The van der Waals surface area contributed by atoms with E-state index in [1.807, 2.05) is 35.4 Å². The third kappa shape index (κ3) is 3.14. The topological polar surface area (TPSA) is 35.6 Å². The number of benzene rings is 1. The predicted octanol–water partition coefficient (Wildman–Crippen LogP) is 2.84. The highest BCUT2D eigenvalue weighted by atomic mass is 35.5. The van der Waals surface area contributed by atoms with E-state index >= 15 is 0 Å². The minimum atomic E-state index is 0.0562. The van der Waals surface area contributed by atoms with Gasteiger partial charge in [-0.1, -0.05) is 38.4 Å². The molecule has 0 radical (unpaired) electrons. The van der Waals surface area contributed by atoms with Crippen molar-refractivity contribution in [1.29, 1.82) is 0 Å². The number of carbonyl (C=O) groups is 1. The van der Waals surface area contributed by atoms with Crippen LogP contribution in [0.5, 0.6) is 0 Å². The monoisotopic (exact) mass is 359 g/mol. The number of allylic oxidation sites excluding steroid dienone is 1. The lowest BCUT2D eigenvalue weighted by molar-refractivity contribution is -0.123. The van der Waals surface area contributed by atoms with Crippen molar-refractivity contribution < 1.29 is 4.79 Å². The number of hydrogen-bond donors (Lipinski definition) is 1. The second kappa shape index (κ2) is 6.72. The zero-order chi connectivity index (χ0) is 16.5. The van der Waals surface area contributed by atoms with Gasteiger partial charge < -0.3 is 15.1 Å². The summed E-state index contributed by atoms with van der Waals surface area (Å²) in [6.07, 6.45) is 8.11. The van der Waals surface area contributed by atoms with Gasteiger partial charge in [0, 0.05) is 43.5 Å². The van der Waals surface area contributed by atoms with Crippen LogP contribution in [0.2, 0.25) is 5.02 Å². The first-order chi connectivity index (χ1) is 11.7. The molecule has 1 aromatic rings. The SMILES string of the molecule is O=C1C=C(c2ccc(Cl)cc2)PC2C=CC(N3CCNCC3)=CN12. The van der Waals surface area contributed by atoms with Gasteiger partial charge in [0.1, 0.15) is 0 Å². The average molecular weight is 360 g/mol. The van der Waals surface area contributed by atoms with Crippen molar-refractivity contribution in [2.75, 3.05) is 26.2 Å². The highest BCUT2D eigenvalue weighted by Crippen LogP contribution is 2.44. The second-order valence-corrected chi connectivity index (χ2v) is 7.91. The third-order valence-electron chi connectivity index (χ3n) is 4.48. The minimum Gasteiger partial charge on any atom is -0.368 e. The molecule has 0 aliphatic carbocycles. The van der Waals surface area contributed by atoms with Crippen LogP contribution in [-0.2, 0) is 4.79 Å². The van der Waals surface area contributed by atoms with Crippen molar-refractivity contribution in [2.45, 2.75) is 5.78 Å². The lowest BCUT2D eigenvalue weighted by Gasteiger charge is -2.37. The van der Waals surface area contributed by atoms with Crippen LogP contribution in [0.3, 0.4) is 0 Å². The molecule has 2 atom stereocenters. The Morgan fingerprint density at radius 1 is 1.17 bits per heavy atom. The largest absolute Gasteiger partial charge is 0.368 e. The quantitative estimate of drug-likeness (QED) is 0.825. The Hall–Kier alpha value is -1.61. The molecule has 0 spiro atoms. The van der Waals surface area contributed by atoms with E-state index in [0.29, 0.717) is 13.6 Å². The molecule has 6 heteroatoms. The molecule has 3 aliphatic rings. The Labute approximate surface area is 148 Å². The fourth-order valence-electron chi connectivity index (χ4n) is 3.17. The van der Waals surface area contributed by atoms with Gasteiger partial charge in [-0.05, 0) is 29.1 Å². The number of carbonyl (C=O) groups excluding carboxylic acids is 1. The summed E-state index contributed by atoms with van der Waals surface area (Å²) in [5.41, 5.74) is 2.21. The normalized spacial score (nSPS) is 24.7. The molecule has 4 nitrogen and oxygen atoms in total. The molecular formula is C18H19ClN3OP. The second-order valence-electron chi connectivity index (χ2n) is 6.05. The van der Waals surface area contributed by atoms with Crippen molar-refractivity contribution >= 4 is 31.4 Å². The first-order valence-electron chi connectivity index (χ1n) is 8.13. The first-order valence-corrected chi connectivity index (χ1v) is 9.58. The van der Waals surface area contributed by atoms with Crippen LogP contribution in [0, 0.1) is 0 Å². The fourth-order valence-corrected chi connectivity index (χ4v) is 4.69. The zero-order valence-electron chi connectivity index (χ0n) is 13.2. The number of piperazine rings is 1. The molecule has 4 rings (SSSR count). The predicted molar refractivity (Wildman–Crippen MR) is 100 cm³/mol. The molecular weight excluding hydrogens is 341 g/mol. The minimum absolute atomic E-state index is 0.0562. The molecule has 0 bridgehead atoms. The Morgan fingerprint density at radius 3 is 2.67 bits per heavy atom. The molecule has 1 fully saturated rings. The Morgan fingerprint density at radius 2 is 1.92 bits per heavy atom. The van der Waals surface area contributed by atoms with Gasteiger partial charge in [0.15, 0.2) is 0 Å². The molecule has 1 saturated heterocycles. The lowest BCUT2D eigenvalue weighted by atomic mass is 10.2. The van der Waals surface area contributed by atoms with E-state index in [1.54, 1.807) is 6.08 Å². The van der Waals surface area contributed by atoms with Crippen molar-refractivity contribution in [2.24, 2.45) is 0 Å². The summed E-state index contributed by atoms with van der Waals surface area (Å²) in [5.74, 6) is 0.181. The molecule has 2 unspecified atom stereocenters. The Bertz CT molecular complexity index is 735. The molecule has 0 saturated carbocycles. The van der Waals surface area contributed by atoms with Crippen LogP contribution in [0.4, 0.5) is 0 Å². The van der Waals surface area contributed by atoms with Crippen molar-refractivity contribution in [3.05, 3.63) is 65.0 Å². The standard InChI is InChI=1S/C18H19ClN3OP/c19-14-3-1-13(2-4-14)16-11-17(23)22-12-15(5-6-18(22)24-16)21-9-7-20-8-10-21/h1-6,11-12,18,20,24H,7-10H2. The number of nitrogens with one attached hydrogen (secondary N) is 1. The van der Waals surface area contributed by atoms with Gasteiger partial charge in [-0.3, -0.25) is 4.79 Å². The molecule has 1 amide bonds. The average Bonchev–Trinajstić information content (AvgIpc) is 2.63. The van der Waals surface area contributed by atoms with E-state index < -0.39 is 0 Å². The van der Waals surface area contributed by atoms with Gasteiger partial charge in [-0.2, -0.15) is 0 Å². The number of halogens is 1. The van der Waals surface area contributed by atoms with Crippen molar-refractivity contribution in [3.63, 3.8) is 0 Å². The first kappa shape index (κ1) is 15.9. The highest BCUT2D eigenvalue weighted by molar-refractivity contribution is 7.51. The van der Waals surface area contributed by atoms with Crippen LogP contribution in [-0.4, -0.2) is 47.7 Å². The maximum atomic E-state index is 12.6. The summed E-state index contributed by atoms with van der Waals surface area (Å²) in [4.78, 5) is 16.8. The van der Waals surface area contributed by atoms with E-state index in [9.17, 15) is 4.79 Å².